The maximum atomic E-state index is 6.96. The van der Waals surface area contributed by atoms with E-state index in [0.717, 1.165) is 66.8 Å². The third-order valence-electron chi connectivity index (χ3n) is 14.8. The number of nitrogens with zero attached hydrogens (tertiary/aromatic N) is 1. The first-order chi connectivity index (χ1) is 37.1. The van der Waals surface area contributed by atoms with Crippen LogP contribution in [-0.2, 0) is 0 Å². The summed E-state index contributed by atoms with van der Waals surface area (Å²) in [5.74, 6) is 0. The molecule has 0 aliphatic carbocycles. The van der Waals surface area contributed by atoms with Crippen molar-refractivity contribution in [3.05, 3.63) is 291 Å². The maximum absolute atomic E-state index is 6.96. The van der Waals surface area contributed by atoms with E-state index in [1.165, 1.54) is 71.6 Å². The molecule has 0 aliphatic rings. The predicted octanol–water partition coefficient (Wildman–Crippen LogP) is 20.9. The van der Waals surface area contributed by atoms with Gasteiger partial charge in [0.1, 0.15) is 11.2 Å². The normalized spacial score (nSPS) is 11.5. The number of rotatable bonds is 11. The van der Waals surface area contributed by atoms with Crippen molar-refractivity contribution in [3.63, 3.8) is 0 Å². The second-order valence-electron chi connectivity index (χ2n) is 19.3. The van der Waals surface area contributed by atoms with Gasteiger partial charge in [-0.05, 0) is 143 Å². The third-order valence-corrected chi connectivity index (χ3v) is 14.8. The standard InChI is InChI=1S/C73H51NO/c1-3-4-17-50-32-37-57(48-49(50)2)53-35-33-51(34-36-53)52-38-42-58(43-39-52)74(70-47-46-68(65-30-16-21-55-19-6-8-23-61(55)65)73-72(70)69-28-13-14-31-71(69)75-73)59-44-40-56(41-45-59)62-24-9-10-25-63(62)66-26-11-12-27-67(66)64-29-15-20-54-18-5-7-22-60(54)64/h3-48H,1H2,2H3/b17-4-. The minimum absolute atomic E-state index is 0.853. The highest BCUT2D eigenvalue weighted by Crippen LogP contribution is 2.48. The van der Waals surface area contributed by atoms with E-state index in [1.807, 2.05) is 12.2 Å². The van der Waals surface area contributed by atoms with E-state index < -0.39 is 0 Å². The molecule has 2 heteroatoms. The van der Waals surface area contributed by atoms with Gasteiger partial charge in [0.25, 0.3) is 0 Å². The highest BCUT2D eigenvalue weighted by molar-refractivity contribution is 6.18. The van der Waals surface area contributed by atoms with Gasteiger partial charge in [0.15, 0.2) is 0 Å². The fourth-order valence-electron chi connectivity index (χ4n) is 11.1. The van der Waals surface area contributed by atoms with Crippen molar-refractivity contribution in [2.75, 3.05) is 4.90 Å². The Hall–Kier alpha value is -9.76. The summed E-state index contributed by atoms with van der Waals surface area (Å²) in [5, 5.41) is 7.00. The van der Waals surface area contributed by atoms with Crippen molar-refractivity contribution in [2.24, 2.45) is 0 Å². The van der Waals surface area contributed by atoms with Gasteiger partial charge in [0, 0.05) is 22.3 Å². The van der Waals surface area contributed by atoms with Crippen molar-refractivity contribution < 1.29 is 4.42 Å². The SMILES string of the molecule is C=C/C=C\c1ccc(-c2ccc(-c3ccc(N(c4ccc(-c5ccccc5-c5ccccc5-c5cccc6ccccc56)cc4)c4ccc(-c5cccc6ccccc56)c5oc6ccccc6c45)cc3)cc2)cc1C. The number of benzene rings is 12. The summed E-state index contributed by atoms with van der Waals surface area (Å²) >= 11 is 0. The first kappa shape index (κ1) is 45.1. The molecule has 0 N–H and O–H groups in total. The zero-order valence-corrected chi connectivity index (χ0v) is 41.6. The molecule has 0 amide bonds. The molecule has 0 atom stereocenters. The van der Waals surface area contributed by atoms with E-state index in [4.69, 9.17) is 4.42 Å². The number of allylic oxidation sites excluding steroid dienone is 2. The summed E-state index contributed by atoms with van der Waals surface area (Å²) in [6.45, 7) is 5.99. The summed E-state index contributed by atoms with van der Waals surface area (Å²) < 4.78 is 6.96. The molecule has 2 nitrogen and oxygen atoms in total. The van der Waals surface area contributed by atoms with Crippen LogP contribution in [0.15, 0.2) is 284 Å². The first-order valence-corrected chi connectivity index (χ1v) is 25.7. The van der Waals surface area contributed by atoms with Crippen LogP contribution in [0.4, 0.5) is 17.1 Å². The molecule has 13 aromatic rings. The van der Waals surface area contributed by atoms with Crippen molar-refractivity contribution in [1.82, 2.24) is 0 Å². The van der Waals surface area contributed by atoms with E-state index in [-0.39, 0.29) is 0 Å². The van der Waals surface area contributed by atoms with Crippen LogP contribution in [0.1, 0.15) is 11.1 Å². The van der Waals surface area contributed by atoms with Crippen LogP contribution in [0.2, 0.25) is 0 Å². The van der Waals surface area contributed by atoms with Gasteiger partial charge in [-0.3, -0.25) is 0 Å². The average Bonchev–Trinajstić information content (AvgIpc) is 3.88. The number of hydrogen-bond donors (Lipinski definition) is 0. The number of aryl methyl sites for hydroxylation is 1. The minimum Gasteiger partial charge on any atom is -0.455 e. The first-order valence-electron chi connectivity index (χ1n) is 25.7. The lowest BCUT2D eigenvalue weighted by Gasteiger charge is -2.27. The second-order valence-corrected chi connectivity index (χ2v) is 19.3. The molecule has 0 unspecified atom stereocenters. The molecule has 1 aromatic heterocycles. The quantitative estimate of drug-likeness (QED) is 0.120. The van der Waals surface area contributed by atoms with Crippen molar-refractivity contribution in [3.8, 4) is 66.8 Å². The second kappa shape index (κ2) is 19.3. The lowest BCUT2D eigenvalue weighted by Crippen LogP contribution is -2.10. The number of hydrogen-bond acceptors (Lipinski definition) is 2. The Balaban J connectivity index is 0.929. The average molecular weight is 958 g/mol. The van der Waals surface area contributed by atoms with Gasteiger partial charge >= 0.3 is 0 Å². The molecule has 0 bridgehead atoms. The summed E-state index contributed by atoms with van der Waals surface area (Å²) in [5.41, 5.74) is 21.3. The summed E-state index contributed by atoms with van der Waals surface area (Å²) in [6, 6.07) is 94.6. The minimum atomic E-state index is 0.853. The van der Waals surface area contributed by atoms with Crippen LogP contribution in [0, 0.1) is 6.92 Å². The Morgan fingerprint density at radius 3 is 1.44 bits per heavy atom. The van der Waals surface area contributed by atoms with Gasteiger partial charge in [-0.15, -0.1) is 0 Å². The highest BCUT2D eigenvalue weighted by atomic mass is 16.3. The summed E-state index contributed by atoms with van der Waals surface area (Å²) in [4.78, 5) is 2.39. The Morgan fingerprint density at radius 1 is 0.373 bits per heavy atom. The molecule has 1 heterocycles. The molecule has 354 valence electrons. The monoisotopic (exact) mass is 957 g/mol. The van der Waals surface area contributed by atoms with E-state index >= 15 is 0 Å². The maximum Gasteiger partial charge on any atom is 0.145 e. The Morgan fingerprint density at radius 2 is 0.827 bits per heavy atom. The molecular weight excluding hydrogens is 907 g/mol. The molecule has 75 heavy (non-hydrogen) atoms. The van der Waals surface area contributed by atoms with Gasteiger partial charge in [-0.1, -0.05) is 243 Å². The molecule has 0 saturated carbocycles. The summed E-state index contributed by atoms with van der Waals surface area (Å²) in [7, 11) is 0. The largest absolute Gasteiger partial charge is 0.455 e. The van der Waals surface area contributed by atoms with E-state index in [1.54, 1.807) is 0 Å². The van der Waals surface area contributed by atoms with Gasteiger partial charge in [0.2, 0.25) is 0 Å². The molecule has 12 aromatic carbocycles. The molecule has 0 fully saturated rings. The molecular formula is C73H51NO. The smallest absolute Gasteiger partial charge is 0.145 e. The van der Waals surface area contributed by atoms with Crippen LogP contribution in [0.5, 0.6) is 0 Å². The lowest BCUT2D eigenvalue weighted by atomic mass is 9.88. The Kier molecular flexibility index (Phi) is 11.6. The topological polar surface area (TPSA) is 16.4 Å². The predicted molar refractivity (Wildman–Crippen MR) is 320 cm³/mol. The molecule has 0 aliphatic heterocycles. The molecule has 0 radical (unpaired) electrons. The summed E-state index contributed by atoms with van der Waals surface area (Å²) in [6.07, 6.45) is 5.90. The number of fused-ring (bicyclic) bond motifs is 5. The Bertz CT molecular complexity index is 4300. The Labute approximate surface area is 438 Å². The fourth-order valence-corrected chi connectivity index (χ4v) is 11.1. The fraction of sp³-hybridized carbons (Fsp3) is 0.0137. The molecule has 0 saturated heterocycles. The number of anilines is 3. The van der Waals surface area contributed by atoms with E-state index in [0.29, 0.717) is 0 Å². The van der Waals surface area contributed by atoms with Gasteiger partial charge in [-0.2, -0.15) is 0 Å². The van der Waals surface area contributed by atoms with Crippen molar-refractivity contribution in [1.29, 1.82) is 0 Å². The van der Waals surface area contributed by atoms with Crippen LogP contribution in [0.25, 0.3) is 116 Å². The van der Waals surface area contributed by atoms with Crippen molar-refractivity contribution in [2.45, 2.75) is 6.92 Å². The third kappa shape index (κ3) is 8.29. The van der Waals surface area contributed by atoms with Crippen LogP contribution in [-0.4, -0.2) is 0 Å². The van der Waals surface area contributed by atoms with Gasteiger partial charge < -0.3 is 9.32 Å². The van der Waals surface area contributed by atoms with Gasteiger partial charge in [-0.25, -0.2) is 0 Å². The van der Waals surface area contributed by atoms with E-state index in [9.17, 15) is 0 Å². The highest BCUT2D eigenvalue weighted by Gasteiger charge is 2.24. The number of para-hydroxylation sites is 1. The van der Waals surface area contributed by atoms with Crippen LogP contribution >= 0.6 is 0 Å². The van der Waals surface area contributed by atoms with Crippen LogP contribution < -0.4 is 4.90 Å². The molecule has 13 rings (SSSR count). The number of furan rings is 1. The van der Waals surface area contributed by atoms with Crippen molar-refractivity contribution >= 4 is 66.6 Å². The zero-order chi connectivity index (χ0) is 50.2. The molecule has 0 spiro atoms. The lowest BCUT2D eigenvalue weighted by molar-refractivity contribution is 0.670. The van der Waals surface area contributed by atoms with E-state index in [2.05, 4.69) is 285 Å². The van der Waals surface area contributed by atoms with Crippen LogP contribution in [0.3, 0.4) is 0 Å². The zero-order valence-electron chi connectivity index (χ0n) is 41.6. The van der Waals surface area contributed by atoms with Gasteiger partial charge in [0.05, 0.1) is 11.1 Å².